The van der Waals surface area contributed by atoms with Gasteiger partial charge in [-0.25, -0.2) is 14.6 Å². The lowest BCUT2D eigenvalue weighted by Crippen LogP contribution is -2.32. The second-order valence-electron chi connectivity index (χ2n) is 6.92. The molecule has 0 aliphatic heterocycles. The number of halogens is 1. The first-order chi connectivity index (χ1) is 15.3. The van der Waals surface area contributed by atoms with Crippen molar-refractivity contribution in [3.8, 4) is 5.69 Å². The molecule has 3 aromatic rings. The summed E-state index contributed by atoms with van der Waals surface area (Å²) in [5.41, 5.74) is 0.635. The van der Waals surface area contributed by atoms with Gasteiger partial charge in [-0.1, -0.05) is 23.7 Å². The Hall–Kier alpha value is -3.63. The van der Waals surface area contributed by atoms with Gasteiger partial charge in [0.2, 0.25) is 0 Å². The number of carbonyl (C=O) groups is 2. The average Bonchev–Trinajstić information content (AvgIpc) is 2.73. The van der Waals surface area contributed by atoms with E-state index < -0.39 is 23.7 Å². The number of carboxylic acid groups (broad SMARTS) is 1. The van der Waals surface area contributed by atoms with Gasteiger partial charge >= 0.3 is 12.1 Å². The average molecular weight is 460 g/mol. The Morgan fingerprint density at radius 2 is 1.97 bits per heavy atom. The van der Waals surface area contributed by atoms with E-state index in [0.29, 0.717) is 29.9 Å². The van der Waals surface area contributed by atoms with Crippen LogP contribution in [0.1, 0.15) is 25.2 Å². The van der Waals surface area contributed by atoms with Crippen molar-refractivity contribution < 1.29 is 19.8 Å². The molecule has 1 aromatic heterocycles. The first kappa shape index (κ1) is 23.0. The lowest BCUT2D eigenvalue weighted by molar-refractivity contribution is 0.190. The smallest absolute Gasteiger partial charge is 0.405 e. The van der Waals surface area contributed by atoms with Gasteiger partial charge in [0.15, 0.2) is 0 Å². The van der Waals surface area contributed by atoms with Gasteiger partial charge in [0, 0.05) is 18.8 Å². The molecule has 0 aliphatic rings. The fourth-order valence-corrected chi connectivity index (χ4v) is 3.43. The summed E-state index contributed by atoms with van der Waals surface area (Å²) < 4.78 is 1.27. The van der Waals surface area contributed by atoms with E-state index in [4.69, 9.17) is 21.8 Å². The number of aliphatic hydroxyl groups excluding tert-OH is 1. The Morgan fingerprint density at radius 3 is 2.69 bits per heavy atom. The van der Waals surface area contributed by atoms with E-state index in [1.54, 1.807) is 49.4 Å². The number of aromatic nitrogens is 2. The number of nitrogens with one attached hydrogen (secondary N) is 3. The largest absolute Gasteiger partial charge is 0.465 e. The minimum absolute atomic E-state index is 0.0401. The molecule has 0 aliphatic carbocycles. The molecule has 0 spiro atoms. The number of hydrogen-bond acceptors (Lipinski definition) is 5. The van der Waals surface area contributed by atoms with Gasteiger partial charge in [-0.05, 0) is 43.7 Å². The zero-order valence-corrected chi connectivity index (χ0v) is 17.9. The molecule has 1 unspecified atom stereocenters. The first-order valence-electron chi connectivity index (χ1n) is 9.78. The standard InChI is InChI=1S/C21H22ClN5O5/c1-12(24-21(31)32)18-26-16-8-3-7-15(22)17(16)19(29)27(18)14-6-2-5-13(11-14)25-20(30)23-9-4-10-28/h2-3,5-8,11-12,24,28H,4,9-10H2,1H3,(H,31,32)(H2,23,25,30). The molecular formula is C21H22ClN5O5. The summed E-state index contributed by atoms with van der Waals surface area (Å²) in [4.78, 5) is 41.1. The topological polar surface area (TPSA) is 146 Å². The normalized spacial score (nSPS) is 11.7. The van der Waals surface area contributed by atoms with Crippen LogP contribution in [0.5, 0.6) is 0 Å². The van der Waals surface area contributed by atoms with Gasteiger partial charge in [-0.3, -0.25) is 9.36 Å². The van der Waals surface area contributed by atoms with Crippen molar-refractivity contribution in [2.24, 2.45) is 0 Å². The highest BCUT2D eigenvalue weighted by molar-refractivity contribution is 6.35. The Balaban J connectivity index is 2.10. The predicted octanol–water partition coefficient (Wildman–Crippen LogP) is 2.87. The SMILES string of the molecule is CC(NC(=O)O)c1nc2cccc(Cl)c2c(=O)n1-c1cccc(NC(=O)NCCCO)c1. The Labute approximate surface area is 187 Å². The zero-order chi connectivity index (χ0) is 23.3. The van der Waals surface area contributed by atoms with E-state index in [9.17, 15) is 14.4 Å². The summed E-state index contributed by atoms with van der Waals surface area (Å²) in [5.74, 6) is 0.164. The van der Waals surface area contributed by atoms with E-state index in [1.165, 1.54) is 4.57 Å². The fraction of sp³-hybridized carbons (Fsp3) is 0.238. The van der Waals surface area contributed by atoms with Crippen molar-refractivity contribution in [1.82, 2.24) is 20.2 Å². The van der Waals surface area contributed by atoms with E-state index in [-0.39, 0.29) is 22.8 Å². The van der Waals surface area contributed by atoms with Crippen LogP contribution in [0, 0.1) is 0 Å². The number of nitrogens with zero attached hydrogens (tertiary/aromatic N) is 2. The number of benzene rings is 2. The predicted molar refractivity (Wildman–Crippen MR) is 121 cm³/mol. The molecule has 5 N–H and O–H groups in total. The molecule has 1 atom stereocenters. The molecule has 0 saturated carbocycles. The van der Waals surface area contributed by atoms with Crippen molar-refractivity contribution in [1.29, 1.82) is 0 Å². The highest BCUT2D eigenvalue weighted by Gasteiger charge is 2.20. The van der Waals surface area contributed by atoms with Crippen LogP contribution < -0.4 is 21.5 Å². The number of fused-ring (bicyclic) bond motifs is 1. The van der Waals surface area contributed by atoms with Crippen LogP contribution in [0.4, 0.5) is 15.3 Å². The molecule has 168 valence electrons. The Morgan fingerprint density at radius 1 is 1.22 bits per heavy atom. The van der Waals surface area contributed by atoms with Gasteiger partial charge in [-0.2, -0.15) is 0 Å². The molecule has 1 heterocycles. The quantitative estimate of drug-likeness (QED) is 0.343. The molecule has 0 radical (unpaired) electrons. The molecule has 3 amide bonds. The summed E-state index contributed by atoms with van der Waals surface area (Å²) in [7, 11) is 0. The lowest BCUT2D eigenvalue weighted by atomic mass is 10.2. The maximum absolute atomic E-state index is 13.4. The van der Waals surface area contributed by atoms with E-state index in [0.717, 1.165) is 0 Å². The Kier molecular flexibility index (Phi) is 7.29. The maximum atomic E-state index is 13.4. The summed E-state index contributed by atoms with van der Waals surface area (Å²) in [6.45, 7) is 1.83. The van der Waals surface area contributed by atoms with Crippen molar-refractivity contribution in [3.05, 3.63) is 63.7 Å². The Bertz CT molecular complexity index is 1210. The lowest BCUT2D eigenvalue weighted by Gasteiger charge is -2.19. The van der Waals surface area contributed by atoms with Gasteiger partial charge in [0.1, 0.15) is 5.82 Å². The molecule has 3 rings (SSSR count). The summed E-state index contributed by atoms with van der Waals surface area (Å²) in [5, 5.41) is 25.9. The summed E-state index contributed by atoms with van der Waals surface area (Å²) >= 11 is 6.25. The second kappa shape index (κ2) is 10.1. The van der Waals surface area contributed by atoms with Crippen molar-refractivity contribution in [2.45, 2.75) is 19.4 Å². The molecular weight excluding hydrogens is 438 g/mol. The minimum Gasteiger partial charge on any atom is -0.465 e. The molecule has 0 bridgehead atoms. The molecule has 10 nitrogen and oxygen atoms in total. The van der Waals surface area contributed by atoms with Gasteiger partial charge in [-0.15, -0.1) is 0 Å². The second-order valence-corrected chi connectivity index (χ2v) is 7.33. The minimum atomic E-state index is -1.26. The summed E-state index contributed by atoms with van der Waals surface area (Å²) in [6.07, 6.45) is -0.844. The number of urea groups is 1. The third-order valence-corrected chi connectivity index (χ3v) is 4.90. The number of amides is 3. The first-order valence-corrected chi connectivity index (χ1v) is 10.2. The van der Waals surface area contributed by atoms with Crippen molar-refractivity contribution in [3.63, 3.8) is 0 Å². The zero-order valence-electron chi connectivity index (χ0n) is 17.1. The van der Waals surface area contributed by atoms with Gasteiger partial charge < -0.3 is 26.2 Å². The maximum Gasteiger partial charge on any atom is 0.405 e. The van der Waals surface area contributed by atoms with Crippen LogP contribution >= 0.6 is 11.6 Å². The molecule has 2 aromatic carbocycles. The van der Waals surface area contributed by atoms with E-state index in [1.807, 2.05) is 0 Å². The highest BCUT2D eigenvalue weighted by Crippen LogP contribution is 2.24. The van der Waals surface area contributed by atoms with Gasteiger partial charge in [0.05, 0.1) is 27.7 Å². The summed E-state index contributed by atoms with van der Waals surface area (Å²) in [6, 6.07) is 10.0. The number of hydrogen-bond donors (Lipinski definition) is 5. The van der Waals surface area contributed by atoms with E-state index >= 15 is 0 Å². The van der Waals surface area contributed by atoms with Crippen LogP contribution in [-0.4, -0.2) is 45.0 Å². The number of carbonyl (C=O) groups excluding carboxylic acids is 1. The van der Waals surface area contributed by atoms with Crippen LogP contribution in [0.3, 0.4) is 0 Å². The van der Waals surface area contributed by atoms with E-state index in [2.05, 4.69) is 20.9 Å². The molecule has 32 heavy (non-hydrogen) atoms. The van der Waals surface area contributed by atoms with Crippen molar-refractivity contribution >= 4 is 40.3 Å². The number of rotatable bonds is 7. The van der Waals surface area contributed by atoms with Crippen LogP contribution in [0.15, 0.2) is 47.3 Å². The number of aliphatic hydroxyl groups is 1. The highest BCUT2D eigenvalue weighted by atomic mass is 35.5. The molecule has 0 saturated heterocycles. The third kappa shape index (κ3) is 5.16. The monoisotopic (exact) mass is 459 g/mol. The molecule has 0 fully saturated rings. The number of anilines is 1. The third-order valence-electron chi connectivity index (χ3n) is 4.58. The van der Waals surface area contributed by atoms with Crippen LogP contribution in [-0.2, 0) is 0 Å². The van der Waals surface area contributed by atoms with Crippen LogP contribution in [0.25, 0.3) is 16.6 Å². The van der Waals surface area contributed by atoms with Crippen LogP contribution in [0.2, 0.25) is 5.02 Å². The van der Waals surface area contributed by atoms with Gasteiger partial charge in [0.25, 0.3) is 5.56 Å². The fourth-order valence-electron chi connectivity index (χ4n) is 3.18. The van der Waals surface area contributed by atoms with Crippen molar-refractivity contribution in [2.75, 3.05) is 18.5 Å². The molecule has 11 heteroatoms.